The lowest BCUT2D eigenvalue weighted by atomic mass is 9.83. The van der Waals surface area contributed by atoms with Crippen LogP contribution in [0.25, 0.3) is 0 Å². The molecule has 0 bridgehead atoms. The van der Waals surface area contributed by atoms with Crippen LogP contribution in [-0.2, 0) is 19.4 Å². The van der Waals surface area contributed by atoms with Crippen molar-refractivity contribution in [2.75, 3.05) is 31.1 Å². The summed E-state index contributed by atoms with van der Waals surface area (Å²) in [6, 6.07) is 8.33. The number of rotatable bonds is 4. The van der Waals surface area contributed by atoms with E-state index in [1.54, 1.807) is 6.33 Å². The van der Waals surface area contributed by atoms with Crippen LogP contribution in [0.1, 0.15) is 42.5 Å². The van der Waals surface area contributed by atoms with Crippen molar-refractivity contribution in [3.63, 3.8) is 0 Å². The fourth-order valence-corrected chi connectivity index (χ4v) is 5.56. The predicted molar refractivity (Wildman–Crippen MR) is 114 cm³/mol. The highest BCUT2D eigenvalue weighted by Crippen LogP contribution is 2.35. The van der Waals surface area contributed by atoms with Crippen molar-refractivity contribution in [2.45, 2.75) is 45.1 Å². The molecule has 5 rings (SSSR count). The van der Waals surface area contributed by atoms with Crippen LogP contribution in [0.2, 0.25) is 5.02 Å². The molecule has 148 valence electrons. The van der Waals surface area contributed by atoms with Gasteiger partial charge in [-0.1, -0.05) is 23.7 Å². The van der Waals surface area contributed by atoms with E-state index in [9.17, 15) is 0 Å². The molecule has 1 aromatic carbocycles. The fourth-order valence-electron chi connectivity index (χ4n) is 5.44. The Bertz CT molecular complexity index is 814. The standard InChI is InChI=1S/C23H29ClN4/c24-20-6-4-17(5-7-20)14-27-11-8-19(15-27)18-9-12-28(13-10-18)23-21-2-1-3-22(21)25-16-26-23/h4-7,16,18-19H,1-3,8-15H2/t19-/m1/s1. The first-order valence-electron chi connectivity index (χ1n) is 10.8. The van der Waals surface area contributed by atoms with Crippen molar-refractivity contribution in [1.29, 1.82) is 0 Å². The molecule has 1 atom stereocenters. The zero-order valence-electron chi connectivity index (χ0n) is 16.5. The van der Waals surface area contributed by atoms with E-state index in [0.29, 0.717) is 0 Å². The lowest BCUT2D eigenvalue weighted by Crippen LogP contribution is -2.37. The van der Waals surface area contributed by atoms with Crippen molar-refractivity contribution < 1.29 is 0 Å². The third-order valence-electron chi connectivity index (χ3n) is 6.99. The summed E-state index contributed by atoms with van der Waals surface area (Å²) >= 11 is 6.01. The first-order chi connectivity index (χ1) is 13.8. The quantitative estimate of drug-likeness (QED) is 0.768. The molecule has 0 amide bonds. The van der Waals surface area contributed by atoms with Crippen LogP contribution in [0.4, 0.5) is 5.82 Å². The maximum absolute atomic E-state index is 6.01. The molecule has 2 aliphatic heterocycles. The Morgan fingerprint density at radius 3 is 2.54 bits per heavy atom. The molecule has 0 radical (unpaired) electrons. The van der Waals surface area contributed by atoms with E-state index < -0.39 is 0 Å². The van der Waals surface area contributed by atoms with E-state index in [-0.39, 0.29) is 0 Å². The van der Waals surface area contributed by atoms with Gasteiger partial charge in [0.15, 0.2) is 0 Å². The predicted octanol–water partition coefficient (Wildman–Crippen LogP) is 4.36. The summed E-state index contributed by atoms with van der Waals surface area (Å²) in [4.78, 5) is 14.3. The van der Waals surface area contributed by atoms with Gasteiger partial charge in [-0.25, -0.2) is 9.97 Å². The van der Waals surface area contributed by atoms with Gasteiger partial charge in [-0.3, -0.25) is 4.90 Å². The van der Waals surface area contributed by atoms with Gasteiger partial charge >= 0.3 is 0 Å². The highest BCUT2D eigenvalue weighted by Gasteiger charge is 2.33. The SMILES string of the molecule is Clc1ccc(CN2CC[C@@H](C3CCN(c4ncnc5c4CCC5)CC3)C2)cc1. The second-order valence-electron chi connectivity index (χ2n) is 8.71. The Morgan fingerprint density at radius 2 is 1.71 bits per heavy atom. The number of anilines is 1. The zero-order valence-corrected chi connectivity index (χ0v) is 17.2. The van der Waals surface area contributed by atoms with Crippen LogP contribution in [0, 0.1) is 11.8 Å². The van der Waals surface area contributed by atoms with E-state index in [2.05, 4.69) is 31.9 Å². The Morgan fingerprint density at radius 1 is 0.929 bits per heavy atom. The number of aryl methyl sites for hydroxylation is 1. The number of piperidine rings is 1. The number of nitrogens with zero attached hydrogens (tertiary/aromatic N) is 4. The average Bonchev–Trinajstić information content (AvgIpc) is 3.39. The molecule has 28 heavy (non-hydrogen) atoms. The third-order valence-corrected chi connectivity index (χ3v) is 7.24. The van der Waals surface area contributed by atoms with Crippen molar-refractivity contribution >= 4 is 17.4 Å². The molecule has 0 unspecified atom stereocenters. The van der Waals surface area contributed by atoms with E-state index >= 15 is 0 Å². The van der Waals surface area contributed by atoms with Crippen LogP contribution < -0.4 is 4.90 Å². The molecule has 4 nitrogen and oxygen atoms in total. The van der Waals surface area contributed by atoms with Gasteiger partial charge in [0, 0.05) is 42.5 Å². The summed E-state index contributed by atoms with van der Waals surface area (Å²) in [7, 11) is 0. The summed E-state index contributed by atoms with van der Waals surface area (Å²) < 4.78 is 0. The van der Waals surface area contributed by atoms with Crippen molar-refractivity contribution in [3.8, 4) is 0 Å². The maximum Gasteiger partial charge on any atom is 0.135 e. The minimum Gasteiger partial charge on any atom is -0.356 e. The smallest absolute Gasteiger partial charge is 0.135 e. The summed E-state index contributed by atoms with van der Waals surface area (Å²) in [6.07, 6.45) is 9.26. The number of aromatic nitrogens is 2. The van der Waals surface area contributed by atoms with Gasteiger partial charge in [0.1, 0.15) is 12.1 Å². The first-order valence-corrected chi connectivity index (χ1v) is 11.2. The molecule has 1 aliphatic carbocycles. The lowest BCUT2D eigenvalue weighted by Gasteiger charge is -2.36. The number of halogens is 1. The number of likely N-dealkylation sites (tertiary alicyclic amines) is 1. The average molecular weight is 397 g/mol. The largest absolute Gasteiger partial charge is 0.356 e. The van der Waals surface area contributed by atoms with Gasteiger partial charge in [0.2, 0.25) is 0 Å². The molecule has 0 saturated carbocycles. The third kappa shape index (κ3) is 3.77. The number of hydrogen-bond acceptors (Lipinski definition) is 4. The highest BCUT2D eigenvalue weighted by atomic mass is 35.5. The maximum atomic E-state index is 6.01. The van der Waals surface area contributed by atoms with Gasteiger partial charge in [0.25, 0.3) is 0 Å². The van der Waals surface area contributed by atoms with Crippen LogP contribution in [0.5, 0.6) is 0 Å². The van der Waals surface area contributed by atoms with Crippen LogP contribution in [0.3, 0.4) is 0 Å². The summed E-state index contributed by atoms with van der Waals surface area (Å²) in [5, 5.41) is 0.823. The van der Waals surface area contributed by atoms with Crippen molar-refractivity contribution in [2.24, 2.45) is 11.8 Å². The Hall–Kier alpha value is -1.65. The number of benzene rings is 1. The van der Waals surface area contributed by atoms with Gasteiger partial charge < -0.3 is 4.90 Å². The topological polar surface area (TPSA) is 32.3 Å². The second-order valence-corrected chi connectivity index (χ2v) is 9.15. The fraction of sp³-hybridized carbons (Fsp3) is 0.565. The molecule has 1 aromatic heterocycles. The molecule has 2 aromatic rings. The summed E-state index contributed by atoms with van der Waals surface area (Å²) in [5.74, 6) is 2.95. The van der Waals surface area contributed by atoms with Crippen molar-refractivity contribution in [3.05, 3.63) is 52.4 Å². The molecule has 3 aliphatic rings. The molecule has 3 heterocycles. The van der Waals surface area contributed by atoms with Gasteiger partial charge in [-0.05, 0) is 74.6 Å². The highest BCUT2D eigenvalue weighted by molar-refractivity contribution is 6.30. The zero-order chi connectivity index (χ0) is 18.9. The molecule has 0 N–H and O–H groups in total. The molecule has 2 fully saturated rings. The van der Waals surface area contributed by atoms with Crippen LogP contribution >= 0.6 is 11.6 Å². The van der Waals surface area contributed by atoms with E-state index in [1.807, 2.05) is 12.1 Å². The van der Waals surface area contributed by atoms with Crippen molar-refractivity contribution in [1.82, 2.24) is 14.9 Å². The van der Waals surface area contributed by atoms with E-state index in [0.717, 1.165) is 49.3 Å². The monoisotopic (exact) mass is 396 g/mol. The first kappa shape index (κ1) is 18.4. The number of fused-ring (bicyclic) bond motifs is 1. The molecular formula is C23H29ClN4. The van der Waals surface area contributed by atoms with Gasteiger partial charge in [-0.2, -0.15) is 0 Å². The minimum absolute atomic E-state index is 0.823. The normalized spacial score (nSPS) is 23.3. The van der Waals surface area contributed by atoms with E-state index in [1.165, 1.54) is 61.4 Å². The van der Waals surface area contributed by atoms with Crippen LogP contribution in [-0.4, -0.2) is 41.0 Å². The molecule has 2 saturated heterocycles. The second kappa shape index (κ2) is 8.00. The molecule has 5 heteroatoms. The van der Waals surface area contributed by atoms with E-state index in [4.69, 9.17) is 11.6 Å². The lowest BCUT2D eigenvalue weighted by molar-refractivity contribution is 0.252. The molecular weight excluding hydrogens is 368 g/mol. The summed E-state index contributed by atoms with van der Waals surface area (Å²) in [6.45, 7) is 5.84. The minimum atomic E-state index is 0.823. The van der Waals surface area contributed by atoms with Gasteiger partial charge in [0.05, 0.1) is 0 Å². The Kier molecular flexibility index (Phi) is 5.25. The molecule has 0 spiro atoms. The number of hydrogen-bond donors (Lipinski definition) is 0. The Balaban J connectivity index is 1.16. The van der Waals surface area contributed by atoms with Gasteiger partial charge in [-0.15, -0.1) is 0 Å². The summed E-state index contributed by atoms with van der Waals surface area (Å²) in [5.41, 5.74) is 4.09. The Labute approximate surface area is 172 Å². The van der Waals surface area contributed by atoms with Crippen LogP contribution in [0.15, 0.2) is 30.6 Å².